The summed E-state index contributed by atoms with van der Waals surface area (Å²) in [5.41, 5.74) is 5.43. The smallest absolute Gasteiger partial charge is 0.246 e. The highest BCUT2D eigenvalue weighted by Crippen LogP contribution is 2.31. The second-order valence-corrected chi connectivity index (χ2v) is 5.30. The van der Waals surface area contributed by atoms with Gasteiger partial charge in [0.2, 0.25) is 5.91 Å². The van der Waals surface area contributed by atoms with Crippen LogP contribution in [0.25, 0.3) is 0 Å². The molecule has 0 aliphatic heterocycles. The summed E-state index contributed by atoms with van der Waals surface area (Å²) in [5, 5.41) is 2.99. The van der Waals surface area contributed by atoms with Crippen LogP contribution in [0.4, 0.5) is 0 Å². The van der Waals surface area contributed by atoms with Gasteiger partial charge in [-0.3, -0.25) is 4.79 Å². The molecule has 1 aliphatic carbocycles. The number of likely N-dealkylation sites (N-methyl/N-ethyl adjacent to an activating group) is 1. The van der Waals surface area contributed by atoms with Crippen LogP contribution in [0.15, 0.2) is 0 Å². The number of rotatable bonds is 7. The Hall–Kier alpha value is -0.650. The molecule has 0 bridgehead atoms. The SMILES string of the molecule is CN(C)C1(CNC(=O)COCCN)CCCCC1. The van der Waals surface area contributed by atoms with E-state index in [-0.39, 0.29) is 18.1 Å². The molecule has 1 fully saturated rings. The van der Waals surface area contributed by atoms with Gasteiger partial charge in [0, 0.05) is 18.6 Å². The van der Waals surface area contributed by atoms with Crippen LogP contribution in [-0.2, 0) is 9.53 Å². The van der Waals surface area contributed by atoms with Gasteiger partial charge in [0.05, 0.1) is 6.61 Å². The van der Waals surface area contributed by atoms with Gasteiger partial charge in [0.25, 0.3) is 0 Å². The van der Waals surface area contributed by atoms with Crippen molar-refractivity contribution < 1.29 is 9.53 Å². The Morgan fingerprint density at radius 2 is 2.00 bits per heavy atom. The number of ether oxygens (including phenoxy) is 1. The monoisotopic (exact) mass is 257 g/mol. The van der Waals surface area contributed by atoms with Crippen molar-refractivity contribution >= 4 is 5.91 Å². The minimum Gasteiger partial charge on any atom is -0.370 e. The maximum absolute atomic E-state index is 11.6. The lowest BCUT2D eigenvalue weighted by Gasteiger charge is -2.43. The Morgan fingerprint density at radius 3 is 2.56 bits per heavy atom. The largest absolute Gasteiger partial charge is 0.370 e. The van der Waals surface area contributed by atoms with Crippen LogP contribution in [0.2, 0.25) is 0 Å². The Bertz CT molecular complexity index is 251. The molecule has 0 saturated heterocycles. The number of nitrogens with one attached hydrogen (secondary N) is 1. The van der Waals surface area contributed by atoms with Gasteiger partial charge >= 0.3 is 0 Å². The minimum atomic E-state index is -0.0461. The van der Waals surface area contributed by atoms with Gasteiger partial charge in [-0.15, -0.1) is 0 Å². The van der Waals surface area contributed by atoms with E-state index in [0.717, 1.165) is 12.8 Å². The maximum Gasteiger partial charge on any atom is 0.246 e. The van der Waals surface area contributed by atoms with Crippen LogP contribution in [-0.4, -0.2) is 56.7 Å². The maximum atomic E-state index is 11.6. The zero-order chi connectivity index (χ0) is 13.4. The third-order valence-corrected chi connectivity index (χ3v) is 3.84. The van der Waals surface area contributed by atoms with Gasteiger partial charge in [-0.25, -0.2) is 0 Å². The molecule has 0 aromatic carbocycles. The zero-order valence-corrected chi connectivity index (χ0v) is 11.7. The van der Waals surface area contributed by atoms with E-state index in [1.165, 1.54) is 19.3 Å². The molecule has 0 unspecified atom stereocenters. The average Bonchev–Trinajstić information content (AvgIpc) is 2.37. The first-order valence-corrected chi connectivity index (χ1v) is 6.83. The molecule has 0 atom stereocenters. The molecule has 1 aliphatic rings. The van der Waals surface area contributed by atoms with E-state index in [0.29, 0.717) is 19.7 Å². The van der Waals surface area contributed by atoms with E-state index in [1.807, 2.05) is 0 Å². The molecule has 1 amide bonds. The third-order valence-electron chi connectivity index (χ3n) is 3.84. The standard InChI is InChI=1S/C13H27N3O2/c1-16(2)13(6-4-3-5-7-13)11-15-12(17)10-18-9-8-14/h3-11,14H2,1-2H3,(H,15,17). The number of hydrogen-bond acceptors (Lipinski definition) is 4. The van der Waals surface area contributed by atoms with E-state index >= 15 is 0 Å². The lowest BCUT2D eigenvalue weighted by atomic mass is 9.80. The summed E-state index contributed by atoms with van der Waals surface area (Å²) in [4.78, 5) is 13.9. The first-order valence-electron chi connectivity index (χ1n) is 6.83. The molecule has 0 spiro atoms. The van der Waals surface area contributed by atoms with Crippen LogP contribution in [0.1, 0.15) is 32.1 Å². The summed E-state index contributed by atoms with van der Waals surface area (Å²) in [6.07, 6.45) is 6.12. The zero-order valence-electron chi connectivity index (χ0n) is 11.7. The van der Waals surface area contributed by atoms with Crippen molar-refractivity contribution in [2.75, 3.05) is 40.4 Å². The topological polar surface area (TPSA) is 67.6 Å². The van der Waals surface area contributed by atoms with Gasteiger partial charge in [0.1, 0.15) is 6.61 Å². The fraction of sp³-hybridized carbons (Fsp3) is 0.923. The molecule has 1 rings (SSSR count). The summed E-state index contributed by atoms with van der Waals surface area (Å²) in [6.45, 7) is 1.71. The molecular weight excluding hydrogens is 230 g/mol. The summed E-state index contributed by atoms with van der Waals surface area (Å²) >= 11 is 0. The van der Waals surface area contributed by atoms with Crippen molar-refractivity contribution in [3.63, 3.8) is 0 Å². The van der Waals surface area contributed by atoms with E-state index in [1.54, 1.807) is 0 Å². The van der Waals surface area contributed by atoms with Crippen molar-refractivity contribution in [2.24, 2.45) is 5.73 Å². The van der Waals surface area contributed by atoms with Crippen molar-refractivity contribution in [1.29, 1.82) is 0 Å². The highest BCUT2D eigenvalue weighted by molar-refractivity contribution is 5.77. The van der Waals surface area contributed by atoms with Crippen LogP contribution >= 0.6 is 0 Å². The molecule has 18 heavy (non-hydrogen) atoms. The fourth-order valence-electron chi connectivity index (χ4n) is 2.55. The molecule has 0 heterocycles. The fourth-order valence-corrected chi connectivity index (χ4v) is 2.55. The molecular formula is C13H27N3O2. The lowest BCUT2D eigenvalue weighted by molar-refractivity contribution is -0.126. The number of hydrogen-bond donors (Lipinski definition) is 2. The van der Waals surface area contributed by atoms with E-state index in [2.05, 4.69) is 24.3 Å². The second kappa shape index (κ2) is 7.71. The predicted octanol–water partition coefficient (Wildman–Crippen LogP) is 0.342. The second-order valence-electron chi connectivity index (χ2n) is 5.30. The van der Waals surface area contributed by atoms with Crippen molar-refractivity contribution in [3.8, 4) is 0 Å². The highest BCUT2D eigenvalue weighted by atomic mass is 16.5. The normalized spacial score (nSPS) is 18.9. The Balaban J connectivity index is 2.35. The van der Waals surface area contributed by atoms with Gasteiger partial charge in [-0.1, -0.05) is 19.3 Å². The highest BCUT2D eigenvalue weighted by Gasteiger charge is 2.34. The molecule has 106 valence electrons. The first-order chi connectivity index (χ1) is 8.60. The van der Waals surface area contributed by atoms with Crippen LogP contribution in [0, 0.1) is 0 Å². The van der Waals surface area contributed by atoms with Gasteiger partial charge < -0.3 is 20.7 Å². The molecule has 0 aromatic heterocycles. The van der Waals surface area contributed by atoms with Gasteiger partial charge in [-0.2, -0.15) is 0 Å². The Morgan fingerprint density at radius 1 is 1.33 bits per heavy atom. The first kappa shape index (κ1) is 15.4. The van der Waals surface area contributed by atoms with Crippen LogP contribution < -0.4 is 11.1 Å². The number of carbonyl (C=O) groups excluding carboxylic acids is 1. The van der Waals surface area contributed by atoms with Crippen LogP contribution in [0.3, 0.4) is 0 Å². The molecule has 5 heteroatoms. The third kappa shape index (κ3) is 4.55. The quantitative estimate of drug-likeness (QED) is 0.646. The summed E-state index contributed by atoms with van der Waals surface area (Å²) in [7, 11) is 4.20. The molecule has 3 N–H and O–H groups in total. The average molecular weight is 257 g/mol. The predicted molar refractivity (Wildman–Crippen MR) is 72.4 cm³/mol. The molecule has 5 nitrogen and oxygen atoms in total. The summed E-state index contributed by atoms with van der Waals surface area (Å²) < 4.78 is 5.13. The van der Waals surface area contributed by atoms with Gasteiger partial charge in [-0.05, 0) is 26.9 Å². The Labute approximate surface area is 110 Å². The van der Waals surface area contributed by atoms with Crippen molar-refractivity contribution in [3.05, 3.63) is 0 Å². The van der Waals surface area contributed by atoms with E-state index < -0.39 is 0 Å². The van der Waals surface area contributed by atoms with Gasteiger partial charge in [0.15, 0.2) is 0 Å². The molecule has 0 aromatic rings. The number of nitrogens with two attached hydrogens (primary N) is 1. The van der Waals surface area contributed by atoms with Crippen molar-refractivity contribution in [1.82, 2.24) is 10.2 Å². The van der Waals surface area contributed by atoms with E-state index in [4.69, 9.17) is 10.5 Å². The number of amides is 1. The summed E-state index contributed by atoms with van der Waals surface area (Å²) in [6, 6.07) is 0. The van der Waals surface area contributed by atoms with E-state index in [9.17, 15) is 4.79 Å². The molecule has 1 saturated carbocycles. The molecule has 0 radical (unpaired) electrons. The minimum absolute atomic E-state index is 0.0461. The van der Waals surface area contributed by atoms with Crippen LogP contribution in [0.5, 0.6) is 0 Å². The summed E-state index contributed by atoms with van der Waals surface area (Å²) in [5.74, 6) is -0.0461. The lowest BCUT2D eigenvalue weighted by Crippen LogP contribution is -2.54. The number of carbonyl (C=O) groups is 1. The number of nitrogens with zero attached hydrogens (tertiary/aromatic N) is 1. The Kier molecular flexibility index (Phi) is 6.60. The van der Waals surface area contributed by atoms with Crippen molar-refractivity contribution in [2.45, 2.75) is 37.6 Å².